The summed E-state index contributed by atoms with van der Waals surface area (Å²) in [5.41, 5.74) is 0. The Morgan fingerprint density at radius 2 is 2.00 bits per heavy atom. The third-order valence-electron chi connectivity index (χ3n) is 3.10. The van der Waals surface area contributed by atoms with Gasteiger partial charge >= 0.3 is 0 Å². The molecule has 0 spiro atoms. The van der Waals surface area contributed by atoms with E-state index in [1.54, 1.807) is 0 Å². The third kappa shape index (κ3) is 4.10. The number of hydrogen-bond acceptors (Lipinski definition) is 2. The van der Waals surface area contributed by atoms with E-state index in [2.05, 4.69) is 24.1 Å². The molecule has 0 radical (unpaired) electrons. The number of piperidine rings is 1. The first-order chi connectivity index (χ1) is 6.36. The molecule has 78 valence electrons. The molecule has 0 aliphatic carbocycles. The van der Waals surface area contributed by atoms with Crippen molar-refractivity contribution in [1.29, 1.82) is 0 Å². The molecule has 1 N–H and O–H groups in total. The van der Waals surface area contributed by atoms with Gasteiger partial charge in [0.05, 0.1) is 0 Å². The molecule has 1 atom stereocenters. The van der Waals surface area contributed by atoms with E-state index in [0.29, 0.717) is 0 Å². The molecule has 0 saturated carbocycles. The Hall–Kier alpha value is -0.0800. The first-order valence-corrected chi connectivity index (χ1v) is 5.82. The zero-order valence-electron chi connectivity index (χ0n) is 9.18. The van der Waals surface area contributed by atoms with Crippen LogP contribution in [0, 0.1) is 0 Å². The van der Waals surface area contributed by atoms with E-state index in [0.717, 1.165) is 6.04 Å². The average Bonchev–Trinajstić information content (AvgIpc) is 2.21. The smallest absolute Gasteiger partial charge is 0.00792 e. The van der Waals surface area contributed by atoms with Crippen molar-refractivity contribution in [3.8, 4) is 0 Å². The lowest BCUT2D eigenvalue weighted by Crippen LogP contribution is -2.37. The van der Waals surface area contributed by atoms with Gasteiger partial charge in [0, 0.05) is 6.04 Å². The van der Waals surface area contributed by atoms with Gasteiger partial charge in [0.15, 0.2) is 0 Å². The van der Waals surface area contributed by atoms with Crippen molar-refractivity contribution in [2.45, 2.75) is 45.6 Å². The molecule has 1 heterocycles. The third-order valence-corrected chi connectivity index (χ3v) is 3.10. The lowest BCUT2D eigenvalue weighted by molar-refractivity contribution is 0.267. The van der Waals surface area contributed by atoms with E-state index in [1.807, 2.05) is 0 Å². The second kappa shape index (κ2) is 6.39. The highest BCUT2D eigenvalue weighted by molar-refractivity contribution is 4.73. The van der Waals surface area contributed by atoms with Gasteiger partial charge < -0.3 is 10.2 Å². The van der Waals surface area contributed by atoms with Crippen LogP contribution in [0.25, 0.3) is 0 Å². The van der Waals surface area contributed by atoms with Gasteiger partial charge in [-0.2, -0.15) is 0 Å². The van der Waals surface area contributed by atoms with Crippen molar-refractivity contribution >= 4 is 0 Å². The summed E-state index contributed by atoms with van der Waals surface area (Å²) in [6, 6.07) is 0.800. The molecule has 0 aromatic rings. The van der Waals surface area contributed by atoms with Gasteiger partial charge in [0.25, 0.3) is 0 Å². The van der Waals surface area contributed by atoms with Gasteiger partial charge in [-0.3, -0.25) is 0 Å². The standard InChI is InChI=1S/C11H24N2/c1-3-13(4-2)10-8-11-7-5-6-9-12-11/h11-12H,3-10H2,1-2H3/t11-/m1/s1. The largest absolute Gasteiger partial charge is 0.314 e. The summed E-state index contributed by atoms with van der Waals surface area (Å²) in [7, 11) is 0. The Labute approximate surface area is 82.7 Å². The van der Waals surface area contributed by atoms with Crippen LogP contribution >= 0.6 is 0 Å². The molecule has 1 aliphatic rings. The van der Waals surface area contributed by atoms with Crippen LogP contribution in [0.5, 0.6) is 0 Å². The number of nitrogens with zero attached hydrogens (tertiary/aromatic N) is 1. The minimum absolute atomic E-state index is 0.800. The highest BCUT2D eigenvalue weighted by Gasteiger charge is 2.12. The normalized spacial score (nSPS) is 23.8. The summed E-state index contributed by atoms with van der Waals surface area (Å²) in [5, 5.41) is 3.60. The zero-order chi connectivity index (χ0) is 9.52. The quantitative estimate of drug-likeness (QED) is 0.701. The van der Waals surface area contributed by atoms with Gasteiger partial charge in [-0.25, -0.2) is 0 Å². The Balaban J connectivity index is 2.09. The maximum Gasteiger partial charge on any atom is 0.00792 e. The number of rotatable bonds is 5. The Kier molecular flexibility index (Phi) is 5.40. The highest BCUT2D eigenvalue weighted by atomic mass is 15.1. The molecule has 2 heteroatoms. The molecule has 0 aromatic heterocycles. The fourth-order valence-corrected chi connectivity index (χ4v) is 2.05. The first-order valence-electron chi connectivity index (χ1n) is 5.82. The van der Waals surface area contributed by atoms with Crippen LogP contribution in [0.3, 0.4) is 0 Å². The molecule has 1 aliphatic heterocycles. The predicted octanol–water partition coefficient (Wildman–Crippen LogP) is 1.86. The summed E-state index contributed by atoms with van der Waals surface area (Å²) in [5.74, 6) is 0. The van der Waals surface area contributed by atoms with E-state index in [1.165, 1.54) is 51.9 Å². The fourth-order valence-electron chi connectivity index (χ4n) is 2.05. The molecule has 1 fully saturated rings. The summed E-state index contributed by atoms with van der Waals surface area (Å²) in [4.78, 5) is 2.51. The van der Waals surface area contributed by atoms with Gasteiger partial charge in [-0.15, -0.1) is 0 Å². The van der Waals surface area contributed by atoms with Crippen LogP contribution < -0.4 is 5.32 Å². The highest BCUT2D eigenvalue weighted by Crippen LogP contribution is 2.10. The SMILES string of the molecule is CCN(CC)CC[C@H]1CCCCN1. The van der Waals surface area contributed by atoms with E-state index >= 15 is 0 Å². The van der Waals surface area contributed by atoms with Crippen LogP contribution in [0.4, 0.5) is 0 Å². The Morgan fingerprint density at radius 1 is 1.23 bits per heavy atom. The van der Waals surface area contributed by atoms with Gasteiger partial charge in [0.1, 0.15) is 0 Å². The van der Waals surface area contributed by atoms with Crippen LogP contribution in [-0.4, -0.2) is 37.1 Å². The molecule has 0 unspecified atom stereocenters. The molecule has 13 heavy (non-hydrogen) atoms. The zero-order valence-corrected chi connectivity index (χ0v) is 9.18. The minimum Gasteiger partial charge on any atom is -0.314 e. The first kappa shape index (κ1) is 11.0. The van der Waals surface area contributed by atoms with Crippen molar-refractivity contribution in [2.75, 3.05) is 26.2 Å². The van der Waals surface area contributed by atoms with Crippen LogP contribution in [0.1, 0.15) is 39.5 Å². The lowest BCUT2D eigenvalue weighted by atomic mass is 10.0. The molecule has 0 amide bonds. The monoisotopic (exact) mass is 184 g/mol. The van der Waals surface area contributed by atoms with Crippen LogP contribution in [0.2, 0.25) is 0 Å². The molecule has 0 bridgehead atoms. The number of nitrogens with one attached hydrogen (secondary N) is 1. The molecule has 1 rings (SSSR count). The van der Waals surface area contributed by atoms with Gasteiger partial charge in [-0.05, 0) is 45.4 Å². The van der Waals surface area contributed by atoms with E-state index in [4.69, 9.17) is 0 Å². The van der Waals surface area contributed by atoms with Crippen molar-refractivity contribution in [3.63, 3.8) is 0 Å². The van der Waals surface area contributed by atoms with Crippen molar-refractivity contribution < 1.29 is 0 Å². The maximum atomic E-state index is 3.60. The summed E-state index contributed by atoms with van der Waals surface area (Å²) < 4.78 is 0. The topological polar surface area (TPSA) is 15.3 Å². The second-order valence-electron chi connectivity index (χ2n) is 3.96. The number of hydrogen-bond donors (Lipinski definition) is 1. The van der Waals surface area contributed by atoms with Crippen molar-refractivity contribution in [3.05, 3.63) is 0 Å². The lowest BCUT2D eigenvalue weighted by Gasteiger charge is -2.26. The average molecular weight is 184 g/mol. The maximum absolute atomic E-state index is 3.60. The molecular weight excluding hydrogens is 160 g/mol. The second-order valence-corrected chi connectivity index (χ2v) is 3.96. The van der Waals surface area contributed by atoms with Crippen LogP contribution in [0.15, 0.2) is 0 Å². The summed E-state index contributed by atoms with van der Waals surface area (Å²) in [6.07, 6.45) is 5.53. The summed E-state index contributed by atoms with van der Waals surface area (Å²) in [6.45, 7) is 9.40. The Morgan fingerprint density at radius 3 is 2.54 bits per heavy atom. The molecular formula is C11H24N2. The van der Waals surface area contributed by atoms with Gasteiger partial charge in [0.2, 0.25) is 0 Å². The van der Waals surface area contributed by atoms with E-state index < -0.39 is 0 Å². The van der Waals surface area contributed by atoms with Crippen molar-refractivity contribution in [1.82, 2.24) is 10.2 Å². The molecule has 0 aromatic carbocycles. The fraction of sp³-hybridized carbons (Fsp3) is 1.00. The molecule has 2 nitrogen and oxygen atoms in total. The minimum atomic E-state index is 0.800. The van der Waals surface area contributed by atoms with Gasteiger partial charge in [-0.1, -0.05) is 20.3 Å². The van der Waals surface area contributed by atoms with Crippen LogP contribution in [-0.2, 0) is 0 Å². The Bertz CT molecular complexity index is 115. The summed E-state index contributed by atoms with van der Waals surface area (Å²) >= 11 is 0. The van der Waals surface area contributed by atoms with E-state index in [-0.39, 0.29) is 0 Å². The molecule has 1 saturated heterocycles. The van der Waals surface area contributed by atoms with E-state index in [9.17, 15) is 0 Å². The predicted molar refractivity (Wildman–Crippen MR) is 58.0 cm³/mol. The van der Waals surface area contributed by atoms with Crippen molar-refractivity contribution in [2.24, 2.45) is 0 Å².